The lowest BCUT2D eigenvalue weighted by molar-refractivity contribution is -0.122. The van der Waals surface area contributed by atoms with Crippen LogP contribution in [-0.4, -0.2) is 31.0 Å². The van der Waals surface area contributed by atoms with Gasteiger partial charge in [-0.15, -0.1) is 0 Å². The molecule has 0 saturated heterocycles. The molecule has 1 aromatic heterocycles. The van der Waals surface area contributed by atoms with Crippen LogP contribution < -0.4 is 10.1 Å². The van der Waals surface area contributed by atoms with Crippen molar-refractivity contribution in [3.8, 4) is 5.75 Å². The first-order chi connectivity index (χ1) is 14.4. The average molecular weight is 414 g/mol. The predicted octanol–water partition coefficient (Wildman–Crippen LogP) is 4.53. The molecule has 1 amide bonds. The molecule has 3 aromatic rings. The number of alkyl halides is 2. The molecule has 7 heteroatoms. The van der Waals surface area contributed by atoms with Gasteiger partial charge in [-0.25, -0.2) is 0 Å². The van der Waals surface area contributed by atoms with Crippen LogP contribution in [0.25, 0.3) is 0 Å². The molecule has 0 aliphatic carbocycles. The zero-order valence-corrected chi connectivity index (χ0v) is 16.8. The summed E-state index contributed by atoms with van der Waals surface area (Å²) in [5, 5.41) is 3.03. The van der Waals surface area contributed by atoms with Crippen molar-refractivity contribution >= 4 is 5.91 Å². The Balaban J connectivity index is 1.70. The standard InChI is InChI=1S/C23H24F2N2O3/c1-16-8-11-20(29-16)14-27(2)15-21(28)26-22(17-6-4-3-5-7-17)18-9-12-19(13-10-18)30-23(24)25/h3-13,22-23H,14-15H2,1-2H3,(H,26,28)/t22-/m0/s1. The third-order valence-electron chi connectivity index (χ3n) is 4.51. The third-order valence-corrected chi connectivity index (χ3v) is 4.51. The molecular formula is C23H24F2N2O3. The van der Waals surface area contributed by atoms with E-state index in [4.69, 9.17) is 4.42 Å². The third kappa shape index (κ3) is 6.15. The van der Waals surface area contributed by atoms with E-state index >= 15 is 0 Å². The Kier molecular flexibility index (Phi) is 7.19. The van der Waals surface area contributed by atoms with Crippen LogP contribution in [0.2, 0.25) is 0 Å². The first kappa shape index (κ1) is 21.5. The summed E-state index contributed by atoms with van der Waals surface area (Å²) in [6, 6.07) is 19.1. The summed E-state index contributed by atoms with van der Waals surface area (Å²) in [6.07, 6.45) is 0. The van der Waals surface area contributed by atoms with E-state index in [-0.39, 0.29) is 18.2 Å². The lowest BCUT2D eigenvalue weighted by Crippen LogP contribution is -2.37. The number of likely N-dealkylation sites (N-methyl/N-ethyl adjacent to an activating group) is 1. The van der Waals surface area contributed by atoms with Gasteiger partial charge in [-0.1, -0.05) is 42.5 Å². The van der Waals surface area contributed by atoms with Crippen molar-refractivity contribution in [2.75, 3.05) is 13.6 Å². The molecule has 1 atom stereocenters. The summed E-state index contributed by atoms with van der Waals surface area (Å²) in [6.45, 7) is -0.320. The van der Waals surface area contributed by atoms with Gasteiger partial charge in [0.2, 0.25) is 5.91 Å². The Hall–Kier alpha value is -3.19. The number of carbonyl (C=O) groups is 1. The summed E-state index contributed by atoms with van der Waals surface area (Å²) in [5.41, 5.74) is 1.65. The maximum atomic E-state index is 12.7. The predicted molar refractivity (Wildman–Crippen MR) is 109 cm³/mol. The first-order valence-electron chi connectivity index (χ1n) is 9.53. The van der Waals surface area contributed by atoms with Crippen LogP contribution in [0.1, 0.15) is 28.7 Å². The molecule has 0 unspecified atom stereocenters. The van der Waals surface area contributed by atoms with Crippen LogP contribution in [-0.2, 0) is 11.3 Å². The highest BCUT2D eigenvalue weighted by atomic mass is 19.3. The Bertz CT molecular complexity index is 943. The van der Waals surface area contributed by atoms with Gasteiger partial charge in [-0.2, -0.15) is 8.78 Å². The number of benzene rings is 2. The fourth-order valence-corrected chi connectivity index (χ4v) is 3.19. The SMILES string of the molecule is Cc1ccc(CN(C)CC(=O)N[C@@H](c2ccccc2)c2ccc(OC(F)F)cc2)o1. The highest BCUT2D eigenvalue weighted by Gasteiger charge is 2.18. The minimum absolute atomic E-state index is 0.0698. The Morgan fingerprint density at radius 3 is 2.30 bits per heavy atom. The molecule has 30 heavy (non-hydrogen) atoms. The number of carbonyl (C=O) groups excluding carboxylic acids is 1. The van der Waals surface area contributed by atoms with E-state index in [1.165, 1.54) is 12.1 Å². The van der Waals surface area contributed by atoms with Crippen LogP contribution in [0.3, 0.4) is 0 Å². The minimum Gasteiger partial charge on any atom is -0.465 e. The topological polar surface area (TPSA) is 54.7 Å². The number of aryl methyl sites for hydroxylation is 1. The van der Waals surface area contributed by atoms with Gasteiger partial charge < -0.3 is 14.5 Å². The van der Waals surface area contributed by atoms with Crippen molar-refractivity contribution in [3.05, 3.63) is 89.4 Å². The van der Waals surface area contributed by atoms with Crippen molar-refractivity contribution < 1.29 is 22.7 Å². The van der Waals surface area contributed by atoms with E-state index in [0.29, 0.717) is 6.54 Å². The van der Waals surface area contributed by atoms with Gasteiger partial charge in [-0.3, -0.25) is 9.69 Å². The minimum atomic E-state index is -2.88. The van der Waals surface area contributed by atoms with Crippen molar-refractivity contribution in [3.63, 3.8) is 0 Å². The number of hydrogen-bond acceptors (Lipinski definition) is 4. The van der Waals surface area contributed by atoms with E-state index in [0.717, 1.165) is 22.6 Å². The van der Waals surface area contributed by atoms with Crippen molar-refractivity contribution in [2.24, 2.45) is 0 Å². The molecule has 1 N–H and O–H groups in total. The molecular weight excluding hydrogens is 390 g/mol. The average Bonchev–Trinajstić information content (AvgIpc) is 3.11. The smallest absolute Gasteiger partial charge is 0.387 e. The maximum absolute atomic E-state index is 12.7. The van der Waals surface area contributed by atoms with Crippen molar-refractivity contribution in [1.29, 1.82) is 0 Å². The molecule has 0 fully saturated rings. The Labute approximate surface area is 174 Å². The largest absolute Gasteiger partial charge is 0.465 e. The van der Waals surface area contributed by atoms with Crippen LogP contribution in [0.5, 0.6) is 5.75 Å². The molecule has 158 valence electrons. The number of rotatable bonds is 9. The molecule has 0 spiro atoms. The highest BCUT2D eigenvalue weighted by Crippen LogP contribution is 2.25. The van der Waals surface area contributed by atoms with E-state index in [1.807, 2.05) is 61.3 Å². The molecule has 5 nitrogen and oxygen atoms in total. The fraction of sp³-hybridized carbons (Fsp3) is 0.261. The molecule has 1 heterocycles. The molecule has 2 aromatic carbocycles. The second-order valence-electron chi connectivity index (χ2n) is 7.04. The normalized spacial score (nSPS) is 12.2. The summed E-state index contributed by atoms with van der Waals surface area (Å²) in [7, 11) is 1.84. The monoisotopic (exact) mass is 414 g/mol. The lowest BCUT2D eigenvalue weighted by Gasteiger charge is -2.22. The zero-order valence-electron chi connectivity index (χ0n) is 16.8. The summed E-state index contributed by atoms with van der Waals surface area (Å²) >= 11 is 0. The van der Waals surface area contributed by atoms with Crippen LogP contribution >= 0.6 is 0 Å². The van der Waals surface area contributed by atoms with Gasteiger partial charge in [0, 0.05) is 0 Å². The molecule has 0 bridgehead atoms. The maximum Gasteiger partial charge on any atom is 0.387 e. The van der Waals surface area contributed by atoms with Crippen molar-refractivity contribution in [1.82, 2.24) is 10.2 Å². The number of ether oxygens (including phenoxy) is 1. The van der Waals surface area contributed by atoms with Gasteiger partial charge in [0.25, 0.3) is 0 Å². The fourth-order valence-electron chi connectivity index (χ4n) is 3.19. The van der Waals surface area contributed by atoms with Gasteiger partial charge >= 0.3 is 6.61 Å². The highest BCUT2D eigenvalue weighted by molar-refractivity contribution is 5.79. The van der Waals surface area contributed by atoms with E-state index < -0.39 is 12.7 Å². The summed E-state index contributed by atoms with van der Waals surface area (Å²) < 4.78 is 34.8. The van der Waals surface area contributed by atoms with Crippen molar-refractivity contribution in [2.45, 2.75) is 26.1 Å². The number of nitrogens with one attached hydrogen (secondary N) is 1. The van der Waals surface area contributed by atoms with E-state index in [9.17, 15) is 13.6 Å². The van der Waals surface area contributed by atoms with E-state index in [2.05, 4.69) is 10.1 Å². The zero-order chi connectivity index (χ0) is 21.5. The molecule has 3 rings (SSSR count). The van der Waals surface area contributed by atoms with Gasteiger partial charge in [0.1, 0.15) is 17.3 Å². The van der Waals surface area contributed by atoms with Crippen LogP contribution in [0.15, 0.2) is 71.1 Å². The molecule has 0 saturated carbocycles. The Morgan fingerprint density at radius 1 is 1.03 bits per heavy atom. The molecule has 0 aliphatic rings. The number of amides is 1. The van der Waals surface area contributed by atoms with Gasteiger partial charge in [-0.05, 0) is 49.4 Å². The van der Waals surface area contributed by atoms with Crippen LogP contribution in [0.4, 0.5) is 8.78 Å². The lowest BCUT2D eigenvalue weighted by atomic mass is 9.98. The summed E-state index contributed by atoms with van der Waals surface area (Å²) in [5.74, 6) is 1.52. The number of furan rings is 1. The number of nitrogens with zero attached hydrogens (tertiary/aromatic N) is 1. The van der Waals surface area contributed by atoms with Gasteiger partial charge in [0.15, 0.2) is 0 Å². The quantitative estimate of drug-likeness (QED) is 0.559. The van der Waals surface area contributed by atoms with Gasteiger partial charge in [0.05, 0.1) is 19.1 Å². The second-order valence-corrected chi connectivity index (χ2v) is 7.04. The molecule has 0 radical (unpaired) electrons. The van der Waals surface area contributed by atoms with Crippen LogP contribution in [0, 0.1) is 6.92 Å². The first-order valence-corrected chi connectivity index (χ1v) is 9.53. The Morgan fingerprint density at radius 2 is 1.70 bits per heavy atom. The number of halogens is 2. The van der Waals surface area contributed by atoms with E-state index in [1.54, 1.807) is 12.1 Å². The second kappa shape index (κ2) is 10.0. The summed E-state index contributed by atoms with van der Waals surface area (Å²) in [4.78, 5) is 14.6. The molecule has 0 aliphatic heterocycles. The number of hydrogen-bond donors (Lipinski definition) is 1.